The van der Waals surface area contributed by atoms with E-state index in [0.717, 1.165) is 6.26 Å². The monoisotopic (exact) mass is 335 g/mol. The number of hydrogen-bond donors (Lipinski definition) is 3. The number of nitrogens with one attached hydrogen (secondary N) is 3. The number of amides is 2. The van der Waals surface area contributed by atoms with E-state index in [0.29, 0.717) is 22.8 Å². The maximum absolute atomic E-state index is 12.0. The standard InChI is InChI=1S/C15H17N3O4S/c1-22-14-6-4-3-5-13(14)17-15(19)16-11-7-9-12(10-8-11)18-23(2,20)21/h3-10,18H,1-2H3,(H2,16,17,19). The van der Waals surface area contributed by atoms with Crippen LogP contribution in [-0.4, -0.2) is 27.8 Å². The van der Waals surface area contributed by atoms with Gasteiger partial charge < -0.3 is 15.4 Å². The van der Waals surface area contributed by atoms with Gasteiger partial charge in [0.15, 0.2) is 0 Å². The largest absolute Gasteiger partial charge is 0.495 e. The first kappa shape index (κ1) is 16.6. The molecular formula is C15H17N3O4S. The van der Waals surface area contributed by atoms with E-state index >= 15 is 0 Å². The molecule has 23 heavy (non-hydrogen) atoms. The molecule has 0 aromatic heterocycles. The van der Waals surface area contributed by atoms with Crippen LogP contribution in [-0.2, 0) is 10.0 Å². The molecule has 0 heterocycles. The zero-order valence-corrected chi connectivity index (χ0v) is 13.5. The average molecular weight is 335 g/mol. The maximum atomic E-state index is 12.0. The zero-order valence-electron chi connectivity index (χ0n) is 12.7. The molecule has 0 aliphatic rings. The third-order valence-electron chi connectivity index (χ3n) is 2.80. The number of carbonyl (C=O) groups excluding carboxylic acids is 1. The number of sulfonamides is 1. The molecule has 0 aliphatic carbocycles. The summed E-state index contributed by atoms with van der Waals surface area (Å²) < 4.78 is 29.7. The van der Waals surface area contributed by atoms with E-state index in [1.54, 1.807) is 48.5 Å². The van der Waals surface area contributed by atoms with Crippen molar-refractivity contribution in [2.24, 2.45) is 0 Å². The second-order valence-corrected chi connectivity index (χ2v) is 6.48. The SMILES string of the molecule is COc1ccccc1NC(=O)Nc1ccc(NS(C)(=O)=O)cc1. The van der Waals surface area contributed by atoms with Gasteiger partial charge in [-0.05, 0) is 36.4 Å². The van der Waals surface area contributed by atoms with E-state index in [1.165, 1.54) is 7.11 Å². The Morgan fingerprint density at radius 2 is 1.57 bits per heavy atom. The maximum Gasteiger partial charge on any atom is 0.323 e. The number of carbonyl (C=O) groups is 1. The van der Waals surface area contributed by atoms with Gasteiger partial charge in [0.1, 0.15) is 5.75 Å². The normalized spacial score (nSPS) is 10.7. The van der Waals surface area contributed by atoms with E-state index < -0.39 is 16.1 Å². The van der Waals surface area contributed by atoms with Gasteiger partial charge >= 0.3 is 6.03 Å². The van der Waals surface area contributed by atoms with Gasteiger partial charge in [0.2, 0.25) is 10.0 Å². The van der Waals surface area contributed by atoms with Crippen LogP contribution >= 0.6 is 0 Å². The Morgan fingerprint density at radius 3 is 2.17 bits per heavy atom. The predicted molar refractivity (Wildman–Crippen MR) is 90.5 cm³/mol. The van der Waals surface area contributed by atoms with E-state index in [1.807, 2.05) is 0 Å². The molecule has 8 heteroatoms. The van der Waals surface area contributed by atoms with Crippen molar-refractivity contribution in [1.29, 1.82) is 0 Å². The minimum atomic E-state index is -3.33. The van der Waals surface area contributed by atoms with Crippen molar-refractivity contribution in [1.82, 2.24) is 0 Å². The molecule has 0 radical (unpaired) electrons. The van der Waals surface area contributed by atoms with Crippen molar-refractivity contribution in [2.75, 3.05) is 28.7 Å². The Hall–Kier alpha value is -2.74. The highest BCUT2D eigenvalue weighted by Crippen LogP contribution is 2.23. The smallest absolute Gasteiger partial charge is 0.323 e. The van der Waals surface area contributed by atoms with Crippen molar-refractivity contribution < 1.29 is 17.9 Å². The zero-order chi connectivity index (χ0) is 16.9. The molecule has 0 saturated heterocycles. The van der Waals surface area contributed by atoms with Crippen LogP contribution in [0.2, 0.25) is 0 Å². The van der Waals surface area contributed by atoms with Crippen molar-refractivity contribution >= 4 is 33.1 Å². The number of rotatable bonds is 5. The predicted octanol–water partition coefficient (Wildman–Crippen LogP) is 2.71. The first-order valence-corrected chi connectivity index (χ1v) is 8.55. The number of ether oxygens (including phenoxy) is 1. The fourth-order valence-electron chi connectivity index (χ4n) is 1.87. The fourth-order valence-corrected chi connectivity index (χ4v) is 2.43. The molecule has 2 amide bonds. The highest BCUT2D eigenvalue weighted by atomic mass is 32.2. The molecule has 2 aromatic carbocycles. The van der Waals surface area contributed by atoms with Crippen LogP contribution in [0.1, 0.15) is 0 Å². The molecule has 0 unspecified atom stereocenters. The fraction of sp³-hybridized carbons (Fsp3) is 0.133. The van der Waals surface area contributed by atoms with Gasteiger partial charge in [0, 0.05) is 11.4 Å². The third-order valence-corrected chi connectivity index (χ3v) is 3.41. The van der Waals surface area contributed by atoms with Gasteiger partial charge in [0.05, 0.1) is 19.1 Å². The Morgan fingerprint density at radius 1 is 0.957 bits per heavy atom. The quantitative estimate of drug-likeness (QED) is 0.782. The Balaban J connectivity index is 2.00. The molecule has 0 fully saturated rings. The van der Waals surface area contributed by atoms with Crippen LogP contribution in [0.5, 0.6) is 5.75 Å². The number of hydrogen-bond acceptors (Lipinski definition) is 4. The summed E-state index contributed by atoms with van der Waals surface area (Å²) in [5.74, 6) is 0.551. The lowest BCUT2D eigenvalue weighted by Crippen LogP contribution is -2.19. The van der Waals surface area contributed by atoms with E-state index in [-0.39, 0.29) is 0 Å². The van der Waals surface area contributed by atoms with Crippen molar-refractivity contribution in [3.63, 3.8) is 0 Å². The Kier molecular flexibility index (Phi) is 5.07. The van der Waals surface area contributed by atoms with Crippen LogP contribution in [0, 0.1) is 0 Å². The number of anilines is 3. The molecule has 0 aliphatic heterocycles. The lowest BCUT2D eigenvalue weighted by atomic mass is 10.3. The van der Waals surface area contributed by atoms with Gasteiger partial charge in [-0.25, -0.2) is 13.2 Å². The molecule has 0 bridgehead atoms. The molecular weight excluding hydrogens is 318 g/mol. The molecule has 3 N–H and O–H groups in total. The second kappa shape index (κ2) is 7.01. The minimum Gasteiger partial charge on any atom is -0.495 e. The summed E-state index contributed by atoms with van der Waals surface area (Å²) in [7, 11) is -1.81. The van der Waals surface area contributed by atoms with Crippen LogP contribution in [0.15, 0.2) is 48.5 Å². The van der Waals surface area contributed by atoms with Gasteiger partial charge in [-0.2, -0.15) is 0 Å². The Labute approximate surface area is 134 Å². The molecule has 2 aromatic rings. The highest BCUT2D eigenvalue weighted by molar-refractivity contribution is 7.92. The van der Waals surface area contributed by atoms with Crippen molar-refractivity contribution in [2.45, 2.75) is 0 Å². The summed E-state index contributed by atoms with van der Waals surface area (Å²) in [6, 6.07) is 12.9. The summed E-state index contributed by atoms with van der Waals surface area (Å²) >= 11 is 0. The summed E-state index contributed by atoms with van der Waals surface area (Å²) in [5, 5.41) is 5.33. The van der Waals surface area contributed by atoms with Gasteiger partial charge in [-0.15, -0.1) is 0 Å². The number of para-hydroxylation sites is 2. The Bertz CT molecular complexity index is 789. The summed E-state index contributed by atoms with van der Waals surface area (Å²) in [6.45, 7) is 0. The van der Waals surface area contributed by atoms with E-state index in [2.05, 4.69) is 15.4 Å². The molecule has 2 rings (SSSR count). The number of methoxy groups -OCH3 is 1. The lowest BCUT2D eigenvalue weighted by Gasteiger charge is -2.11. The second-order valence-electron chi connectivity index (χ2n) is 4.73. The summed E-state index contributed by atoms with van der Waals surface area (Å²) in [4.78, 5) is 12.0. The van der Waals surface area contributed by atoms with Gasteiger partial charge in [-0.1, -0.05) is 12.1 Å². The highest BCUT2D eigenvalue weighted by Gasteiger charge is 2.07. The van der Waals surface area contributed by atoms with Crippen LogP contribution in [0.25, 0.3) is 0 Å². The summed E-state index contributed by atoms with van der Waals surface area (Å²) in [6.07, 6.45) is 1.07. The van der Waals surface area contributed by atoms with Gasteiger partial charge in [-0.3, -0.25) is 4.72 Å². The number of benzene rings is 2. The molecule has 0 saturated carbocycles. The van der Waals surface area contributed by atoms with Crippen molar-refractivity contribution in [3.8, 4) is 5.75 Å². The molecule has 0 atom stereocenters. The van der Waals surface area contributed by atoms with E-state index in [4.69, 9.17) is 4.74 Å². The first-order valence-electron chi connectivity index (χ1n) is 6.66. The van der Waals surface area contributed by atoms with Gasteiger partial charge in [0.25, 0.3) is 0 Å². The topological polar surface area (TPSA) is 96.5 Å². The number of urea groups is 1. The molecule has 122 valence electrons. The van der Waals surface area contributed by atoms with Crippen molar-refractivity contribution in [3.05, 3.63) is 48.5 Å². The summed E-state index contributed by atoms with van der Waals surface area (Å²) in [5.41, 5.74) is 1.49. The average Bonchev–Trinajstić information content (AvgIpc) is 2.48. The lowest BCUT2D eigenvalue weighted by molar-refractivity contribution is 0.262. The molecule has 7 nitrogen and oxygen atoms in total. The first-order chi connectivity index (χ1) is 10.9. The van der Waals surface area contributed by atoms with Crippen LogP contribution in [0.3, 0.4) is 0 Å². The van der Waals surface area contributed by atoms with Crippen LogP contribution < -0.4 is 20.1 Å². The van der Waals surface area contributed by atoms with Crippen LogP contribution in [0.4, 0.5) is 21.9 Å². The minimum absolute atomic E-state index is 0.420. The third kappa shape index (κ3) is 5.19. The van der Waals surface area contributed by atoms with E-state index in [9.17, 15) is 13.2 Å². The molecule has 0 spiro atoms.